The van der Waals surface area contributed by atoms with Crippen molar-refractivity contribution in [1.29, 1.82) is 0 Å². The largest absolute Gasteiger partial charge is 0.0985 e. The van der Waals surface area contributed by atoms with Gasteiger partial charge in [0.1, 0.15) is 0 Å². The molecule has 1 aliphatic rings. The zero-order valence-corrected chi connectivity index (χ0v) is 14.0. The number of unbranched alkanes of at least 4 members (excludes halogenated alkanes) is 2. The Bertz CT molecular complexity index is 442. The minimum atomic E-state index is 1.03. The quantitative estimate of drug-likeness (QED) is 0.389. The van der Waals surface area contributed by atoms with Gasteiger partial charge < -0.3 is 0 Å². The van der Waals surface area contributed by atoms with Crippen LogP contribution in [0.3, 0.4) is 0 Å². The van der Waals surface area contributed by atoms with E-state index in [4.69, 9.17) is 0 Å². The Morgan fingerprint density at radius 3 is 1.65 bits per heavy atom. The second kappa shape index (κ2) is 8.85. The van der Waals surface area contributed by atoms with Crippen LogP contribution < -0.4 is 0 Å². The van der Waals surface area contributed by atoms with E-state index in [2.05, 4.69) is 52.5 Å². The molecule has 0 heteroatoms. The van der Waals surface area contributed by atoms with Crippen molar-refractivity contribution in [3.8, 4) is 11.8 Å². The minimum absolute atomic E-state index is 1.03. The highest BCUT2D eigenvalue weighted by atomic mass is 14.3. The first-order chi connectivity index (χ1) is 9.74. The van der Waals surface area contributed by atoms with Crippen molar-refractivity contribution < 1.29 is 0 Å². The van der Waals surface area contributed by atoms with E-state index in [0.29, 0.717) is 0 Å². The van der Waals surface area contributed by atoms with Crippen LogP contribution >= 0.6 is 0 Å². The molecule has 0 bridgehead atoms. The van der Waals surface area contributed by atoms with Crippen LogP contribution in [0.2, 0.25) is 0 Å². The first kappa shape index (κ1) is 16.8. The predicted molar refractivity (Wildman–Crippen MR) is 90.6 cm³/mol. The van der Waals surface area contributed by atoms with Gasteiger partial charge in [-0.1, -0.05) is 52.9 Å². The summed E-state index contributed by atoms with van der Waals surface area (Å²) in [6, 6.07) is 0. The Morgan fingerprint density at radius 2 is 1.25 bits per heavy atom. The summed E-state index contributed by atoms with van der Waals surface area (Å²) in [5.74, 6) is 6.60. The molecule has 110 valence electrons. The fourth-order valence-electron chi connectivity index (χ4n) is 3.17. The summed E-state index contributed by atoms with van der Waals surface area (Å²) in [7, 11) is 0. The molecule has 0 unspecified atom stereocenters. The molecule has 0 atom stereocenters. The maximum absolute atomic E-state index is 3.30. The number of hydrogen-bond donors (Lipinski definition) is 0. The van der Waals surface area contributed by atoms with E-state index in [1.165, 1.54) is 18.4 Å². The SMILES string of the molecule is CCCCC#CC=C1C(CC)=C(CC)C(CC)=C1CC. The van der Waals surface area contributed by atoms with Crippen LogP contribution in [-0.2, 0) is 0 Å². The van der Waals surface area contributed by atoms with Crippen molar-refractivity contribution in [3.05, 3.63) is 33.9 Å². The van der Waals surface area contributed by atoms with E-state index < -0.39 is 0 Å². The molecule has 0 saturated heterocycles. The topological polar surface area (TPSA) is 0 Å². The molecule has 1 aliphatic carbocycles. The molecular weight excluding hydrogens is 240 g/mol. The van der Waals surface area contributed by atoms with Gasteiger partial charge in [-0.15, -0.1) is 0 Å². The summed E-state index contributed by atoms with van der Waals surface area (Å²) < 4.78 is 0. The van der Waals surface area contributed by atoms with Crippen LogP contribution in [0.25, 0.3) is 0 Å². The number of rotatable bonds is 6. The zero-order chi connectivity index (χ0) is 15.0. The molecular formula is C20H30. The molecule has 0 aromatic carbocycles. The van der Waals surface area contributed by atoms with Crippen molar-refractivity contribution in [2.75, 3.05) is 0 Å². The van der Waals surface area contributed by atoms with E-state index in [0.717, 1.165) is 32.1 Å². The molecule has 0 aliphatic heterocycles. The minimum Gasteiger partial charge on any atom is -0.0985 e. The molecule has 0 heterocycles. The van der Waals surface area contributed by atoms with Gasteiger partial charge >= 0.3 is 0 Å². The lowest BCUT2D eigenvalue weighted by molar-refractivity contribution is 0.828. The van der Waals surface area contributed by atoms with Gasteiger partial charge in [0.05, 0.1) is 0 Å². The summed E-state index contributed by atoms with van der Waals surface area (Å²) in [4.78, 5) is 0. The van der Waals surface area contributed by atoms with Crippen LogP contribution in [0.1, 0.15) is 79.6 Å². The molecule has 0 radical (unpaired) electrons. The standard InChI is InChI=1S/C20H30/c1-6-11-12-13-14-15-20-18(9-4)16(7-2)17(8-3)19(20)10-5/h15H,6-12H2,1-5H3. The molecule has 1 rings (SSSR count). The van der Waals surface area contributed by atoms with Crippen LogP contribution in [-0.4, -0.2) is 0 Å². The van der Waals surface area contributed by atoms with Crippen molar-refractivity contribution in [2.24, 2.45) is 0 Å². The van der Waals surface area contributed by atoms with Gasteiger partial charge in [-0.3, -0.25) is 0 Å². The van der Waals surface area contributed by atoms with Crippen molar-refractivity contribution in [1.82, 2.24) is 0 Å². The van der Waals surface area contributed by atoms with Crippen molar-refractivity contribution in [2.45, 2.75) is 79.6 Å². The Labute approximate surface area is 126 Å². The molecule has 0 amide bonds. The highest BCUT2D eigenvalue weighted by Gasteiger charge is 2.24. The maximum atomic E-state index is 3.30. The van der Waals surface area contributed by atoms with E-state index in [-0.39, 0.29) is 0 Å². The van der Waals surface area contributed by atoms with E-state index in [1.54, 1.807) is 22.3 Å². The zero-order valence-electron chi connectivity index (χ0n) is 14.0. The summed E-state index contributed by atoms with van der Waals surface area (Å²) in [6.07, 6.45) is 10.2. The molecule has 0 aromatic heterocycles. The molecule has 20 heavy (non-hydrogen) atoms. The smallest absolute Gasteiger partial charge is 0.00921 e. The van der Waals surface area contributed by atoms with Crippen molar-refractivity contribution >= 4 is 0 Å². The molecule has 0 nitrogen and oxygen atoms in total. The van der Waals surface area contributed by atoms with Gasteiger partial charge in [-0.2, -0.15) is 0 Å². The average Bonchev–Trinajstić information content (AvgIpc) is 2.78. The van der Waals surface area contributed by atoms with Crippen LogP contribution in [0.4, 0.5) is 0 Å². The average molecular weight is 270 g/mol. The van der Waals surface area contributed by atoms with E-state index >= 15 is 0 Å². The highest BCUT2D eigenvalue weighted by molar-refractivity contribution is 5.65. The van der Waals surface area contributed by atoms with Gasteiger partial charge in [-0.25, -0.2) is 0 Å². The summed E-state index contributed by atoms with van der Waals surface area (Å²) in [5.41, 5.74) is 7.71. The summed E-state index contributed by atoms with van der Waals surface area (Å²) in [6.45, 7) is 11.3. The van der Waals surface area contributed by atoms with Gasteiger partial charge in [0.25, 0.3) is 0 Å². The van der Waals surface area contributed by atoms with Crippen LogP contribution in [0, 0.1) is 11.8 Å². The summed E-state index contributed by atoms with van der Waals surface area (Å²) >= 11 is 0. The fourth-order valence-corrected chi connectivity index (χ4v) is 3.17. The number of allylic oxidation sites excluding steroid dienone is 6. The Hall–Kier alpha value is -1.22. The van der Waals surface area contributed by atoms with Gasteiger partial charge in [0, 0.05) is 6.42 Å². The lowest BCUT2D eigenvalue weighted by atomic mass is 9.98. The maximum Gasteiger partial charge on any atom is 0.00921 e. The molecule has 0 spiro atoms. The van der Waals surface area contributed by atoms with Gasteiger partial charge in [0.2, 0.25) is 0 Å². The Morgan fingerprint density at radius 1 is 0.750 bits per heavy atom. The molecule has 0 saturated carbocycles. The fraction of sp³-hybridized carbons (Fsp3) is 0.600. The van der Waals surface area contributed by atoms with Gasteiger partial charge in [-0.05, 0) is 66.0 Å². The Kier molecular flexibility index (Phi) is 7.45. The molecule has 0 aromatic rings. The lowest BCUT2D eigenvalue weighted by Crippen LogP contribution is -1.89. The van der Waals surface area contributed by atoms with Crippen molar-refractivity contribution in [3.63, 3.8) is 0 Å². The van der Waals surface area contributed by atoms with E-state index in [9.17, 15) is 0 Å². The lowest BCUT2D eigenvalue weighted by Gasteiger charge is -2.06. The predicted octanol–water partition coefficient (Wildman–Crippen LogP) is 6.35. The highest BCUT2D eigenvalue weighted by Crippen LogP contribution is 2.42. The van der Waals surface area contributed by atoms with Gasteiger partial charge in [0.15, 0.2) is 0 Å². The van der Waals surface area contributed by atoms with E-state index in [1.807, 2.05) is 0 Å². The molecule has 0 N–H and O–H groups in total. The normalized spacial score (nSPS) is 14.8. The van der Waals surface area contributed by atoms with Crippen LogP contribution in [0.15, 0.2) is 33.9 Å². The third-order valence-electron chi connectivity index (χ3n) is 4.13. The Balaban J connectivity index is 3.13. The second-order valence-corrected chi connectivity index (χ2v) is 5.31. The monoisotopic (exact) mass is 270 g/mol. The third kappa shape index (κ3) is 3.66. The second-order valence-electron chi connectivity index (χ2n) is 5.31. The third-order valence-corrected chi connectivity index (χ3v) is 4.13. The summed E-state index contributed by atoms with van der Waals surface area (Å²) in [5, 5.41) is 0. The first-order valence-electron chi connectivity index (χ1n) is 8.38. The molecule has 0 fully saturated rings. The first-order valence-corrected chi connectivity index (χ1v) is 8.38. The van der Waals surface area contributed by atoms with Crippen LogP contribution in [0.5, 0.6) is 0 Å². The number of hydrogen-bond acceptors (Lipinski definition) is 0.